The van der Waals surface area contributed by atoms with E-state index in [1.807, 2.05) is 0 Å². The summed E-state index contributed by atoms with van der Waals surface area (Å²) in [6.07, 6.45) is 0.809. The summed E-state index contributed by atoms with van der Waals surface area (Å²) in [5.74, 6) is -1.55. The highest BCUT2D eigenvalue weighted by Gasteiger charge is 2.20. The van der Waals surface area contributed by atoms with Crippen LogP contribution in [0.25, 0.3) is 0 Å². The number of hydrogen-bond acceptors (Lipinski definition) is 3. The molecular weight excluding hydrogens is 272 g/mol. The fourth-order valence-electron chi connectivity index (χ4n) is 1.81. The van der Waals surface area contributed by atoms with Gasteiger partial charge in [0.05, 0.1) is 5.75 Å². The molecule has 1 aromatic rings. The van der Waals surface area contributed by atoms with Crippen LogP contribution in [0.2, 0.25) is 0 Å². The number of piperidine rings is 1. The highest BCUT2D eigenvalue weighted by Crippen LogP contribution is 2.21. The highest BCUT2D eigenvalue weighted by molar-refractivity contribution is 8.00. The first-order chi connectivity index (χ1) is 9.06. The largest absolute Gasteiger partial charge is 0.341 e. The van der Waals surface area contributed by atoms with Crippen LogP contribution in [0.1, 0.15) is 12.8 Å². The molecule has 0 spiro atoms. The summed E-state index contributed by atoms with van der Waals surface area (Å²) < 4.78 is 25.7. The molecule has 0 N–H and O–H groups in total. The van der Waals surface area contributed by atoms with E-state index in [1.54, 1.807) is 4.90 Å². The number of thioether (sulfide) groups is 1. The van der Waals surface area contributed by atoms with Crippen molar-refractivity contribution in [2.75, 3.05) is 18.8 Å². The summed E-state index contributed by atoms with van der Waals surface area (Å²) in [6, 6.07) is 3.56. The van der Waals surface area contributed by atoms with E-state index >= 15 is 0 Å². The minimum atomic E-state index is -0.916. The monoisotopic (exact) mass is 285 g/mol. The molecular formula is C13H13F2NO2S. The van der Waals surface area contributed by atoms with E-state index < -0.39 is 11.6 Å². The average molecular weight is 285 g/mol. The van der Waals surface area contributed by atoms with Crippen molar-refractivity contribution < 1.29 is 18.4 Å². The molecule has 0 unspecified atom stereocenters. The first-order valence-electron chi connectivity index (χ1n) is 5.93. The van der Waals surface area contributed by atoms with Crippen molar-refractivity contribution in [3.05, 3.63) is 29.8 Å². The van der Waals surface area contributed by atoms with Gasteiger partial charge in [0.1, 0.15) is 5.78 Å². The van der Waals surface area contributed by atoms with Gasteiger partial charge in [0, 0.05) is 30.8 Å². The quantitative estimate of drug-likeness (QED) is 0.799. The first-order valence-corrected chi connectivity index (χ1v) is 6.92. The highest BCUT2D eigenvalue weighted by atomic mass is 32.2. The Morgan fingerprint density at radius 1 is 1.21 bits per heavy atom. The molecule has 0 aromatic heterocycles. The lowest BCUT2D eigenvalue weighted by Crippen LogP contribution is -2.39. The van der Waals surface area contributed by atoms with Gasteiger partial charge in [-0.15, -0.1) is 11.8 Å². The number of halogens is 2. The molecule has 0 bridgehead atoms. The van der Waals surface area contributed by atoms with Crippen LogP contribution in [-0.4, -0.2) is 35.4 Å². The van der Waals surface area contributed by atoms with Crippen LogP contribution in [0.5, 0.6) is 0 Å². The third-order valence-electron chi connectivity index (χ3n) is 2.93. The zero-order valence-electron chi connectivity index (χ0n) is 10.2. The molecule has 6 heteroatoms. The number of ketones is 1. The van der Waals surface area contributed by atoms with Crippen molar-refractivity contribution >= 4 is 23.5 Å². The van der Waals surface area contributed by atoms with Gasteiger partial charge < -0.3 is 4.90 Å². The smallest absolute Gasteiger partial charge is 0.232 e. The summed E-state index contributed by atoms with van der Waals surface area (Å²) in [6.45, 7) is 0.909. The topological polar surface area (TPSA) is 37.4 Å². The molecule has 1 fully saturated rings. The second-order valence-electron chi connectivity index (χ2n) is 4.28. The molecule has 1 amide bonds. The zero-order chi connectivity index (χ0) is 13.8. The lowest BCUT2D eigenvalue weighted by atomic mass is 10.1. The molecule has 1 saturated heterocycles. The number of carbonyl (C=O) groups excluding carboxylic acids is 2. The van der Waals surface area contributed by atoms with Crippen LogP contribution >= 0.6 is 11.8 Å². The van der Waals surface area contributed by atoms with Crippen molar-refractivity contribution in [2.24, 2.45) is 0 Å². The molecule has 2 rings (SSSR count). The Bertz CT molecular complexity index is 497. The van der Waals surface area contributed by atoms with Crippen molar-refractivity contribution in [1.29, 1.82) is 0 Å². The maximum atomic E-state index is 13.0. The lowest BCUT2D eigenvalue weighted by molar-refractivity contribution is -0.132. The molecule has 1 aliphatic rings. The average Bonchev–Trinajstić information content (AvgIpc) is 2.40. The number of rotatable bonds is 3. The van der Waals surface area contributed by atoms with Crippen molar-refractivity contribution in [2.45, 2.75) is 17.7 Å². The number of likely N-dealkylation sites (tertiary alicyclic amines) is 1. The van der Waals surface area contributed by atoms with Gasteiger partial charge in [0.15, 0.2) is 11.6 Å². The third kappa shape index (κ3) is 3.76. The van der Waals surface area contributed by atoms with E-state index in [0.29, 0.717) is 30.8 Å². The van der Waals surface area contributed by atoms with E-state index in [1.165, 1.54) is 6.07 Å². The Kier molecular flexibility index (Phi) is 4.52. The van der Waals surface area contributed by atoms with Crippen molar-refractivity contribution in [1.82, 2.24) is 4.90 Å². The minimum Gasteiger partial charge on any atom is -0.341 e. The Morgan fingerprint density at radius 3 is 2.53 bits per heavy atom. The lowest BCUT2D eigenvalue weighted by Gasteiger charge is -2.25. The molecule has 1 heterocycles. The predicted molar refractivity (Wildman–Crippen MR) is 67.9 cm³/mol. The number of hydrogen-bond donors (Lipinski definition) is 0. The van der Waals surface area contributed by atoms with Gasteiger partial charge in [0.2, 0.25) is 5.91 Å². The summed E-state index contributed by atoms with van der Waals surface area (Å²) in [4.78, 5) is 25.1. The van der Waals surface area contributed by atoms with Crippen LogP contribution in [0.3, 0.4) is 0 Å². The Labute approximate surface area is 114 Å². The van der Waals surface area contributed by atoms with Crippen LogP contribution in [-0.2, 0) is 9.59 Å². The number of benzene rings is 1. The first kappa shape index (κ1) is 14.0. The Balaban J connectivity index is 1.86. The van der Waals surface area contributed by atoms with Crippen molar-refractivity contribution in [3.8, 4) is 0 Å². The van der Waals surface area contributed by atoms with E-state index in [-0.39, 0.29) is 17.4 Å². The zero-order valence-corrected chi connectivity index (χ0v) is 11.0. The SMILES string of the molecule is O=C1CCN(C(=O)CSc2ccc(F)c(F)c2)CC1. The van der Waals surface area contributed by atoms with Crippen LogP contribution < -0.4 is 0 Å². The normalized spacial score (nSPS) is 15.7. The number of nitrogens with zero attached hydrogens (tertiary/aromatic N) is 1. The van der Waals surface area contributed by atoms with E-state index in [2.05, 4.69) is 0 Å². The van der Waals surface area contributed by atoms with Gasteiger partial charge >= 0.3 is 0 Å². The molecule has 0 aliphatic carbocycles. The van der Waals surface area contributed by atoms with Gasteiger partial charge in [0.25, 0.3) is 0 Å². The molecule has 1 aromatic carbocycles. The number of Topliss-reactive ketones (excluding diaryl/α,β-unsaturated/α-hetero) is 1. The fourth-order valence-corrected chi connectivity index (χ4v) is 2.63. The number of carbonyl (C=O) groups is 2. The van der Waals surface area contributed by atoms with Gasteiger partial charge in [-0.3, -0.25) is 9.59 Å². The maximum Gasteiger partial charge on any atom is 0.232 e. The molecule has 0 saturated carbocycles. The second kappa shape index (κ2) is 6.14. The standard InChI is InChI=1S/C13H13F2NO2S/c14-11-2-1-10(7-12(11)15)19-8-13(18)16-5-3-9(17)4-6-16/h1-2,7H,3-6,8H2. The van der Waals surface area contributed by atoms with E-state index in [0.717, 1.165) is 23.9 Å². The second-order valence-corrected chi connectivity index (χ2v) is 5.33. The fraction of sp³-hybridized carbons (Fsp3) is 0.385. The summed E-state index contributed by atoms with van der Waals surface area (Å²) in [7, 11) is 0. The molecule has 19 heavy (non-hydrogen) atoms. The third-order valence-corrected chi connectivity index (χ3v) is 3.91. The van der Waals surface area contributed by atoms with Crippen LogP contribution in [0.15, 0.2) is 23.1 Å². The summed E-state index contributed by atoms with van der Waals surface area (Å²) in [5.41, 5.74) is 0. The Hall–Kier alpha value is -1.43. The van der Waals surface area contributed by atoms with Crippen LogP contribution in [0, 0.1) is 11.6 Å². The molecule has 0 atom stereocenters. The molecule has 1 aliphatic heterocycles. The molecule has 3 nitrogen and oxygen atoms in total. The maximum absolute atomic E-state index is 13.0. The number of amides is 1. The predicted octanol–water partition coefficient (Wildman–Crippen LogP) is 2.25. The van der Waals surface area contributed by atoms with E-state index in [4.69, 9.17) is 0 Å². The molecule has 0 radical (unpaired) electrons. The Morgan fingerprint density at radius 2 is 1.89 bits per heavy atom. The van der Waals surface area contributed by atoms with Gasteiger partial charge in [-0.05, 0) is 18.2 Å². The van der Waals surface area contributed by atoms with Gasteiger partial charge in [-0.25, -0.2) is 8.78 Å². The van der Waals surface area contributed by atoms with Gasteiger partial charge in [-0.2, -0.15) is 0 Å². The minimum absolute atomic E-state index is 0.0813. The summed E-state index contributed by atoms with van der Waals surface area (Å²) >= 11 is 1.16. The van der Waals surface area contributed by atoms with Gasteiger partial charge in [-0.1, -0.05) is 0 Å². The van der Waals surface area contributed by atoms with E-state index in [9.17, 15) is 18.4 Å². The summed E-state index contributed by atoms with van der Waals surface area (Å²) in [5, 5.41) is 0. The molecule has 102 valence electrons. The van der Waals surface area contributed by atoms with Crippen LogP contribution in [0.4, 0.5) is 8.78 Å². The van der Waals surface area contributed by atoms with Crippen molar-refractivity contribution in [3.63, 3.8) is 0 Å².